The van der Waals surface area contributed by atoms with E-state index in [-0.39, 0.29) is 6.04 Å². The monoisotopic (exact) mass is 425 g/mol. The average molecular weight is 426 g/mol. The van der Waals surface area contributed by atoms with Gasteiger partial charge in [0.1, 0.15) is 6.04 Å². The number of carboxylic acids is 1. The first kappa shape index (κ1) is 20.7. The van der Waals surface area contributed by atoms with Crippen molar-refractivity contribution in [2.24, 2.45) is 0 Å². The largest absolute Gasteiger partial charge is 0.493 e. The van der Waals surface area contributed by atoms with Crippen LogP contribution in [-0.2, 0) is 4.79 Å². The predicted octanol–water partition coefficient (Wildman–Crippen LogP) is 5.34. The molecule has 1 N–H and O–H groups in total. The van der Waals surface area contributed by atoms with Crippen molar-refractivity contribution in [2.45, 2.75) is 38.3 Å². The molecule has 2 atom stereocenters. The number of methoxy groups -OCH3 is 1. The number of benzene rings is 2. The van der Waals surface area contributed by atoms with Crippen LogP contribution in [0.15, 0.2) is 48.5 Å². The molecule has 4 rings (SSSR count). The highest BCUT2D eigenvalue weighted by Gasteiger charge is 2.36. The van der Waals surface area contributed by atoms with Gasteiger partial charge in [0.2, 0.25) is 0 Å². The fourth-order valence-corrected chi connectivity index (χ4v) is 5.53. The minimum atomic E-state index is -0.751. The molecule has 0 radical (unpaired) electrons. The van der Waals surface area contributed by atoms with E-state index < -0.39 is 12.0 Å². The van der Waals surface area contributed by atoms with Gasteiger partial charge in [-0.05, 0) is 61.5 Å². The number of rotatable bonds is 7. The van der Waals surface area contributed by atoms with Gasteiger partial charge in [-0.1, -0.05) is 30.7 Å². The van der Waals surface area contributed by atoms with Crippen LogP contribution in [0.2, 0.25) is 0 Å². The zero-order valence-electron chi connectivity index (χ0n) is 17.3. The van der Waals surface area contributed by atoms with E-state index in [0.717, 1.165) is 29.8 Å². The smallest absolute Gasteiger partial charge is 0.320 e. The molecule has 1 saturated heterocycles. The molecule has 158 valence electrons. The molecule has 0 saturated carbocycles. The lowest BCUT2D eigenvalue weighted by Gasteiger charge is -2.39. The summed E-state index contributed by atoms with van der Waals surface area (Å²) in [5.41, 5.74) is 1.02. The van der Waals surface area contributed by atoms with Gasteiger partial charge in [0.15, 0.2) is 11.5 Å². The van der Waals surface area contributed by atoms with Gasteiger partial charge < -0.3 is 14.6 Å². The molecule has 0 bridgehead atoms. The Balaban J connectivity index is 1.84. The minimum absolute atomic E-state index is 0.145. The molecule has 3 aromatic rings. The molecule has 0 aliphatic carbocycles. The van der Waals surface area contributed by atoms with Crippen molar-refractivity contribution in [3.05, 3.63) is 59.0 Å². The predicted molar refractivity (Wildman–Crippen MR) is 120 cm³/mol. The quantitative estimate of drug-likeness (QED) is 0.554. The number of aliphatic carboxylic acids is 1. The normalized spacial score (nSPS) is 18.3. The van der Waals surface area contributed by atoms with Crippen LogP contribution in [0.3, 0.4) is 0 Å². The van der Waals surface area contributed by atoms with Crippen LogP contribution < -0.4 is 9.47 Å². The molecule has 2 aromatic carbocycles. The molecule has 1 fully saturated rings. The summed E-state index contributed by atoms with van der Waals surface area (Å²) in [6, 6.07) is 15.8. The van der Waals surface area contributed by atoms with Gasteiger partial charge in [-0.2, -0.15) is 0 Å². The Kier molecular flexibility index (Phi) is 6.25. The molecule has 2 heterocycles. The molecule has 6 heteroatoms. The summed E-state index contributed by atoms with van der Waals surface area (Å²) in [7, 11) is 1.64. The molecule has 0 spiro atoms. The third-order valence-electron chi connectivity index (χ3n) is 5.68. The van der Waals surface area contributed by atoms with Crippen molar-refractivity contribution in [3.63, 3.8) is 0 Å². The zero-order valence-corrected chi connectivity index (χ0v) is 18.2. The second kappa shape index (κ2) is 9.06. The first-order chi connectivity index (χ1) is 14.6. The van der Waals surface area contributed by atoms with E-state index in [1.54, 1.807) is 18.4 Å². The molecule has 1 aromatic heterocycles. The summed E-state index contributed by atoms with van der Waals surface area (Å²) in [6.07, 6.45) is 2.61. The Hall–Kier alpha value is -2.57. The topological polar surface area (TPSA) is 59.0 Å². The van der Waals surface area contributed by atoms with Gasteiger partial charge in [-0.15, -0.1) is 11.3 Å². The number of ether oxygens (including phenoxy) is 2. The highest BCUT2D eigenvalue weighted by Crippen LogP contribution is 2.42. The van der Waals surface area contributed by atoms with Crippen LogP contribution in [0.5, 0.6) is 11.5 Å². The number of fused-ring (bicyclic) bond motifs is 1. The summed E-state index contributed by atoms with van der Waals surface area (Å²) >= 11 is 1.73. The molecular formula is C24H27NO4S. The molecule has 1 aliphatic rings. The number of carbonyl (C=O) groups is 1. The maximum absolute atomic E-state index is 12.1. The van der Waals surface area contributed by atoms with Crippen molar-refractivity contribution >= 4 is 27.4 Å². The first-order valence-electron chi connectivity index (χ1n) is 10.4. The molecule has 2 unspecified atom stereocenters. The van der Waals surface area contributed by atoms with E-state index >= 15 is 0 Å². The highest BCUT2D eigenvalue weighted by atomic mass is 32.1. The lowest BCUT2D eigenvalue weighted by atomic mass is 9.95. The van der Waals surface area contributed by atoms with Crippen molar-refractivity contribution < 1.29 is 19.4 Å². The SMILES string of the molecule is CCOc1ccc(C(c2cc3ccccc3s2)N2CCCCC2C(=O)O)cc1OC. The summed E-state index contributed by atoms with van der Waals surface area (Å²) in [5.74, 6) is 0.621. The Labute approximate surface area is 180 Å². The standard InChI is InChI=1S/C24H27NO4S/c1-3-29-19-12-11-17(14-20(19)28-2)23(25-13-7-6-9-18(25)24(26)27)22-15-16-8-4-5-10-21(16)30-22/h4-5,8,10-12,14-15,18,23H,3,6-7,9,13H2,1-2H3,(H,26,27). The van der Waals surface area contributed by atoms with Crippen LogP contribution >= 0.6 is 11.3 Å². The molecule has 0 amide bonds. The van der Waals surface area contributed by atoms with Gasteiger partial charge in [0.05, 0.1) is 19.8 Å². The maximum atomic E-state index is 12.1. The molecule has 30 heavy (non-hydrogen) atoms. The summed E-state index contributed by atoms with van der Waals surface area (Å²) in [6.45, 7) is 3.26. The van der Waals surface area contributed by atoms with Crippen molar-refractivity contribution in [1.29, 1.82) is 0 Å². The van der Waals surface area contributed by atoms with E-state index in [9.17, 15) is 9.90 Å². The number of piperidine rings is 1. The van der Waals surface area contributed by atoms with E-state index in [4.69, 9.17) is 9.47 Å². The molecular weight excluding hydrogens is 398 g/mol. The Morgan fingerprint density at radius 2 is 2.03 bits per heavy atom. The van der Waals surface area contributed by atoms with Crippen LogP contribution in [0.4, 0.5) is 0 Å². The molecule has 5 nitrogen and oxygen atoms in total. The van der Waals surface area contributed by atoms with Gasteiger partial charge in [0.25, 0.3) is 0 Å². The zero-order chi connectivity index (χ0) is 21.1. The number of nitrogens with zero attached hydrogens (tertiary/aromatic N) is 1. The Morgan fingerprint density at radius 3 is 2.77 bits per heavy atom. The summed E-state index contributed by atoms with van der Waals surface area (Å²) in [4.78, 5) is 15.4. The van der Waals surface area contributed by atoms with Crippen molar-refractivity contribution in [1.82, 2.24) is 4.90 Å². The van der Waals surface area contributed by atoms with Crippen LogP contribution in [-0.4, -0.2) is 42.3 Å². The van der Waals surface area contributed by atoms with Crippen LogP contribution in [0.25, 0.3) is 10.1 Å². The Bertz CT molecular complexity index is 998. The van der Waals surface area contributed by atoms with E-state index in [2.05, 4.69) is 23.1 Å². The van der Waals surface area contributed by atoms with Gasteiger partial charge in [-0.3, -0.25) is 9.69 Å². The van der Waals surface area contributed by atoms with Crippen molar-refractivity contribution in [2.75, 3.05) is 20.3 Å². The highest BCUT2D eigenvalue weighted by molar-refractivity contribution is 7.19. The average Bonchev–Trinajstić information content (AvgIpc) is 3.19. The van der Waals surface area contributed by atoms with E-state index in [1.165, 1.54) is 10.1 Å². The molecule has 1 aliphatic heterocycles. The first-order valence-corrected chi connectivity index (χ1v) is 11.2. The third-order valence-corrected chi connectivity index (χ3v) is 6.85. The maximum Gasteiger partial charge on any atom is 0.320 e. The summed E-state index contributed by atoms with van der Waals surface area (Å²) < 4.78 is 12.5. The van der Waals surface area contributed by atoms with E-state index in [0.29, 0.717) is 24.5 Å². The second-order valence-corrected chi connectivity index (χ2v) is 8.64. The van der Waals surface area contributed by atoms with E-state index in [1.807, 2.05) is 37.3 Å². The number of hydrogen-bond acceptors (Lipinski definition) is 5. The lowest BCUT2D eigenvalue weighted by molar-refractivity contribution is -0.145. The number of thiophene rings is 1. The van der Waals surface area contributed by atoms with Crippen molar-refractivity contribution in [3.8, 4) is 11.5 Å². The van der Waals surface area contributed by atoms with Gasteiger partial charge in [-0.25, -0.2) is 0 Å². The minimum Gasteiger partial charge on any atom is -0.493 e. The number of hydrogen-bond donors (Lipinski definition) is 1. The fraction of sp³-hybridized carbons (Fsp3) is 0.375. The summed E-state index contributed by atoms with van der Waals surface area (Å²) in [5, 5.41) is 11.1. The third kappa shape index (κ3) is 4.02. The fourth-order valence-electron chi connectivity index (χ4n) is 4.31. The van der Waals surface area contributed by atoms with Crippen LogP contribution in [0, 0.1) is 0 Å². The second-order valence-electron chi connectivity index (χ2n) is 7.52. The van der Waals surface area contributed by atoms with Gasteiger partial charge in [0, 0.05) is 9.58 Å². The Morgan fingerprint density at radius 1 is 1.20 bits per heavy atom. The number of carboxylic acid groups (broad SMARTS) is 1. The van der Waals surface area contributed by atoms with Gasteiger partial charge >= 0.3 is 5.97 Å². The van der Waals surface area contributed by atoms with Crippen LogP contribution in [0.1, 0.15) is 42.7 Å². The lowest BCUT2D eigenvalue weighted by Crippen LogP contribution is -2.46. The number of likely N-dealkylation sites (tertiary alicyclic amines) is 1.